The Hall–Kier alpha value is -2.77. The van der Waals surface area contributed by atoms with Crippen LogP contribution in [0.5, 0.6) is 5.75 Å². The maximum absolute atomic E-state index is 13.1. The first-order chi connectivity index (χ1) is 13.2. The number of methoxy groups -OCH3 is 1. The molecule has 0 saturated carbocycles. The second kappa shape index (κ2) is 7.85. The van der Waals surface area contributed by atoms with Crippen LogP contribution in [0.25, 0.3) is 11.4 Å². The lowest BCUT2D eigenvalue weighted by atomic mass is 10.1. The topological polar surface area (TPSA) is 60.6 Å². The fraction of sp³-hybridized carbons (Fsp3) is 0.300. The van der Waals surface area contributed by atoms with Gasteiger partial charge in [0.25, 0.3) is 0 Å². The monoisotopic (exact) mass is 369 g/mol. The largest absolute Gasteiger partial charge is 0.497 e. The third-order valence-electron chi connectivity index (χ3n) is 4.57. The molecule has 0 radical (unpaired) electrons. The zero-order chi connectivity index (χ0) is 18.6. The van der Waals surface area contributed by atoms with Gasteiger partial charge in [-0.1, -0.05) is 17.3 Å². The summed E-state index contributed by atoms with van der Waals surface area (Å²) in [6, 6.07) is 13.9. The summed E-state index contributed by atoms with van der Waals surface area (Å²) in [6.45, 7) is 2.61. The van der Waals surface area contributed by atoms with Gasteiger partial charge < -0.3 is 14.0 Å². The molecule has 0 aliphatic carbocycles. The Morgan fingerprint density at radius 3 is 2.67 bits per heavy atom. The van der Waals surface area contributed by atoms with Crippen molar-refractivity contribution in [3.8, 4) is 17.1 Å². The zero-order valence-corrected chi connectivity index (χ0v) is 15.0. The molecule has 140 valence electrons. The first kappa shape index (κ1) is 17.6. The highest BCUT2D eigenvalue weighted by Gasteiger charge is 2.23. The highest BCUT2D eigenvalue weighted by atomic mass is 19.1. The average Bonchev–Trinajstić information content (AvgIpc) is 3.17. The fourth-order valence-corrected chi connectivity index (χ4v) is 3.09. The van der Waals surface area contributed by atoms with Gasteiger partial charge in [-0.2, -0.15) is 4.98 Å². The Morgan fingerprint density at radius 2 is 1.93 bits per heavy atom. The number of morpholine rings is 1. The Morgan fingerprint density at radius 1 is 1.15 bits per heavy atom. The highest BCUT2D eigenvalue weighted by molar-refractivity contribution is 5.55. The lowest BCUT2D eigenvalue weighted by Crippen LogP contribution is -2.37. The van der Waals surface area contributed by atoms with Crippen LogP contribution in [0.4, 0.5) is 4.39 Å². The van der Waals surface area contributed by atoms with Gasteiger partial charge in [0.1, 0.15) is 11.6 Å². The number of hydrogen-bond acceptors (Lipinski definition) is 6. The molecule has 6 nitrogen and oxygen atoms in total. The lowest BCUT2D eigenvalue weighted by molar-refractivity contribution is -0.0356. The van der Waals surface area contributed by atoms with Gasteiger partial charge in [0.15, 0.2) is 0 Å². The molecule has 0 spiro atoms. The van der Waals surface area contributed by atoms with Crippen LogP contribution in [-0.2, 0) is 11.3 Å². The number of benzene rings is 2. The maximum Gasteiger partial charge on any atom is 0.241 e. The van der Waals surface area contributed by atoms with E-state index in [0.717, 1.165) is 23.4 Å². The number of hydrogen-bond donors (Lipinski definition) is 0. The predicted octanol–water partition coefficient (Wildman–Crippen LogP) is 3.46. The van der Waals surface area contributed by atoms with E-state index in [1.807, 2.05) is 24.3 Å². The molecule has 0 N–H and O–H groups in total. The number of aromatic nitrogens is 2. The summed E-state index contributed by atoms with van der Waals surface area (Å²) in [4.78, 5) is 6.69. The molecule has 4 rings (SSSR count). The van der Waals surface area contributed by atoms with Crippen molar-refractivity contribution in [2.24, 2.45) is 0 Å². The summed E-state index contributed by atoms with van der Waals surface area (Å²) >= 11 is 0. The van der Waals surface area contributed by atoms with E-state index >= 15 is 0 Å². The minimum atomic E-state index is -0.247. The standard InChI is InChI=1S/C20H20FN3O3/c1-25-17-8-4-15(5-9-17)20-22-19(27-23-20)13-24-10-11-26-18(12-24)14-2-6-16(21)7-3-14/h2-9,18H,10-13H2,1H3. The van der Waals surface area contributed by atoms with Gasteiger partial charge in [-0.15, -0.1) is 0 Å². The molecule has 3 aromatic rings. The van der Waals surface area contributed by atoms with E-state index in [1.165, 1.54) is 12.1 Å². The number of nitrogens with zero attached hydrogens (tertiary/aromatic N) is 3. The Balaban J connectivity index is 1.41. The quantitative estimate of drug-likeness (QED) is 0.686. The minimum Gasteiger partial charge on any atom is -0.497 e. The van der Waals surface area contributed by atoms with Gasteiger partial charge >= 0.3 is 0 Å². The normalized spacial score (nSPS) is 17.8. The van der Waals surface area contributed by atoms with Crippen molar-refractivity contribution >= 4 is 0 Å². The van der Waals surface area contributed by atoms with Gasteiger partial charge in [0.2, 0.25) is 11.7 Å². The van der Waals surface area contributed by atoms with Gasteiger partial charge in [-0.3, -0.25) is 4.90 Å². The summed E-state index contributed by atoms with van der Waals surface area (Å²) in [7, 11) is 1.63. The molecule has 0 bridgehead atoms. The number of rotatable bonds is 5. The van der Waals surface area contributed by atoms with Crippen molar-refractivity contribution < 1.29 is 18.4 Å². The van der Waals surface area contributed by atoms with E-state index in [4.69, 9.17) is 14.0 Å². The van der Waals surface area contributed by atoms with E-state index in [1.54, 1.807) is 19.2 Å². The predicted molar refractivity (Wildman–Crippen MR) is 96.7 cm³/mol. The third kappa shape index (κ3) is 4.15. The van der Waals surface area contributed by atoms with Crippen molar-refractivity contribution in [3.05, 3.63) is 65.8 Å². The summed E-state index contributed by atoms with van der Waals surface area (Å²) in [5, 5.41) is 4.07. The first-order valence-corrected chi connectivity index (χ1v) is 8.78. The second-order valence-electron chi connectivity index (χ2n) is 6.39. The maximum atomic E-state index is 13.1. The Labute approximate surface area is 156 Å². The van der Waals surface area contributed by atoms with Crippen LogP contribution >= 0.6 is 0 Å². The van der Waals surface area contributed by atoms with E-state index in [0.29, 0.717) is 31.4 Å². The molecule has 1 aliphatic heterocycles. The van der Waals surface area contributed by atoms with E-state index in [-0.39, 0.29) is 11.9 Å². The van der Waals surface area contributed by atoms with Gasteiger partial charge in [-0.25, -0.2) is 4.39 Å². The molecule has 7 heteroatoms. The van der Waals surface area contributed by atoms with Crippen LogP contribution in [0.1, 0.15) is 17.6 Å². The highest BCUT2D eigenvalue weighted by Crippen LogP contribution is 2.24. The third-order valence-corrected chi connectivity index (χ3v) is 4.57. The molecular formula is C20H20FN3O3. The Kier molecular flexibility index (Phi) is 5.13. The molecule has 1 fully saturated rings. The molecule has 0 amide bonds. The SMILES string of the molecule is COc1ccc(-c2noc(CN3CCOC(c4ccc(F)cc4)C3)n2)cc1. The van der Waals surface area contributed by atoms with Crippen LogP contribution in [0.2, 0.25) is 0 Å². The number of ether oxygens (including phenoxy) is 2. The smallest absolute Gasteiger partial charge is 0.241 e. The van der Waals surface area contributed by atoms with Crippen LogP contribution in [0, 0.1) is 5.82 Å². The van der Waals surface area contributed by atoms with Gasteiger partial charge in [0, 0.05) is 18.7 Å². The van der Waals surface area contributed by atoms with Crippen LogP contribution < -0.4 is 4.74 Å². The molecule has 1 aromatic heterocycles. The molecule has 2 aromatic carbocycles. The van der Waals surface area contributed by atoms with Crippen LogP contribution in [0.3, 0.4) is 0 Å². The summed E-state index contributed by atoms with van der Waals surface area (Å²) < 4.78 is 29.5. The average molecular weight is 369 g/mol. The summed E-state index contributed by atoms with van der Waals surface area (Å²) in [5.74, 6) is 1.64. The Bertz CT molecular complexity index is 880. The molecule has 1 unspecified atom stereocenters. The van der Waals surface area contributed by atoms with E-state index in [9.17, 15) is 4.39 Å². The molecule has 1 atom stereocenters. The molecule has 27 heavy (non-hydrogen) atoms. The first-order valence-electron chi connectivity index (χ1n) is 8.78. The summed E-state index contributed by atoms with van der Waals surface area (Å²) in [5.41, 5.74) is 1.84. The molecule has 1 saturated heterocycles. The summed E-state index contributed by atoms with van der Waals surface area (Å²) in [6.07, 6.45) is -0.0941. The van der Waals surface area contributed by atoms with Crippen molar-refractivity contribution in [2.75, 3.05) is 26.8 Å². The lowest BCUT2D eigenvalue weighted by Gasteiger charge is -2.32. The van der Waals surface area contributed by atoms with E-state index < -0.39 is 0 Å². The number of halogens is 1. The van der Waals surface area contributed by atoms with Gasteiger partial charge in [0.05, 0.1) is 26.4 Å². The van der Waals surface area contributed by atoms with E-state index in [2.05, 4.69) is 15.0 Å². The fourth-order valence-electron chi connectivity index (χ4n) is 3.09. The van der Waals surface area contributed by atoms with Crippen molar-refractivity contribution in [1.29, 1.82) is 0 Å². The van der Waals surface area contributed by atoms with Gasteiger partial charge in [-0.05, 0) is 42.0 Å². The minimum absolute atomic E-state index is 0.0941. The van der Waals surface area contributed by atoms with Crippen LogP contribution in [0.15, 0.2) is 53.1 Å². The molecule has 2 heterocycles. The molecular weight excluding hydrogens is 349 g/mol. The van der Waals surface area contributed by atoms with Crippen LogP contribution in [-0.4, -0.2) is 41.8 Å². The van der Waals surface area contributed by atoms with Crippen molar-refractivity contribution in [2.45, 2.75) is 12.6 Å². The second-order valence-corrected chi connectivity index (χ2v) is 6.39. The molecule has 1 aliphatic rings. The van der Waals surface area contributed by atoms with Crippen molar-refractivity contribution in [3.63, 3.8) is 0 Å². The zero-order valence-electron chi connectivity index (χ0n) is 15.0. The van der Waals surface area contributed by atoms with Crippen molar-refractivity contribution in [1.82, 2.24) is 15.0 Å².